The maximum absolute atomic E-state index is 13.7. The Hall–Kier alpha value is -4.33. The van der Waals surface area contributed by atoms with Crippen molar-refractivity contribution in [3.05, 3.63) is 79.2 Å². The minimum absolute atomic E-state index is 0.0571. The number of amides is 1. The molecule has 0 saturated heterocycles. The third-order valence-corrected chi connectivity index (χ3v) is 5.51. The van der Waals surface area contributed by atoms with Gasteiger partial charge in [0.05, 0.1) is 17.3 Å². The van der Waals surface area contributed by atoms with Crippen LogP contribution in [0.25, 0.3) is 44.7 Å². The second-order valence-electron chi connectivity index (χ2n) is 7.90. The highest BCUT2D eigenvalue weighted by atomic mass is 19.1. The lowest BCUT2D eigenvalue weighted by Gasteiger charge is -2.14. The van der Waals surface area contributed by atoms with E-state index in [0.717, 1.165) is 34.1 Å². The smallest absolute Gasteiger partial charge is 0.216 e. The van der Waals surface area contributed by atoms with E-state index in [2.05, 4.69) is 10.3 Å². The van der Waals surface area contributed by atoms with Crippen molar-refractivity contribution >= 4 is 16.9 Å². The summed E-state index contributed by atoms with van der Waals surface area (Å²) in [4.78, 5) is 20.2. The number of rotatable bonds is 7. The predicted octanol–water partition coefficient (Wildman–Crippen LogP) is 5.09. The molecule has 0 aliphatic rings. The average Bonchev–Trinajstić information content (AvgIpc) is 3.51. The van der Waals surface area contributed by atoms with E-state index in [-0.39, 0.29) is 11.7 Å². The number of carbonyl (C=O) groups excluding carboxylic acids is 1. The van der Waals surface area contributed by atoms with Crippen LogP contribution in [-0.4, -0.2) is 32.2 Å². The molecule has 0 fully saturated rings. The van der Waals surface area contributed by atoms with Gasteiger partial charge in [0.1, 0.15) is 11.6 Å². The zero-order valence-electron chi connectivity index (χ0n) is 18.5. The van der Waals surface area contributed by atoms with E-state index >= 15 is 0 Å². The lowest BCUT2D eigenvalue weighted by atomic mass is 9.92. The first kappa shape index (κ1) is 21.5. The largest absolute Gasteiger partial charge is 0.464 e. The summed E-state index contributed by atoms with van der Waals surface area (Å²) in [6.45, 7) is 2.68. The number of halogens is 1. The highest BCUT2D eigenvalue weighted by Gasteiger charge is 2.23. The number of nitrogens with one attached hydrogen (secondary N) is 1. The van der Waals surface area contributed by atoms with Crippen LogP contribution in [0.1, 0.15) is 13.3 Å². The molecular weight excluding hydrogens is 433 g/mol. The van der Waals surface area contributed by atoms with Crippen LogP contribution in [0.3, 0.4) is 0 Å². The fourth-order valence-electron chi connectivity index (χ4n) is 4.00. The molecule has 7 nitrogen and oxygen atoms in total. The Kier molecular flexibility index (Phi) is 5.86. The molecule has 1 amide bonds. The summed E-state index contributed by atoms with van der Waals surface area (Å²) in [5.74, 6) is 0.309. The number of aromatic nitrogens is 4. The van der Waals surface area contributed by atoms with Crippen LogP contribution >= 0.6 is 0 Å². The lowest BCUT2D eigenvalue weighted by Crippen LogP contribution is -2.22. The standard InChI is InChI=1S/C26H22FN5O2/c1-17(33)29-11-3-14-32-16-21-24(22-4-2-15-34-22)23(18-9-12-28-13-10-18)25(30-26(21)31-32)19-5-7-20(27)8-6-19/h2,4-10,12-13,15-16H,3,11,14H2,1H3,(H,29,33). The van der Waals surface area contributed by atoms with Gasteiger partial charge >= 0.3 is 0 Å². The summed E-state index contributed by atoms with van der Waals surface area (Å²) in [6.07, 6.45) is 7.77. The Balaban J connectivity index is 1.72. The van der Waals surface area contributed by atoms with Crippen LogP contribution in [0.5, 0.6) is 0 Å². The van der Waals surface area contributed by atoms with E-state index in [1.807, 2.05) is 35.1 Å². The number of pyridine rings is 2. The van der Waals surface area contributed by atoms with Crippen LogP contribution in [0.2, 0.25) is 0 Å². The second kappa shape index (κ2) is 9.27. The molecule has 0 aliphatic heterocycles. The Bertz CT molecular complexity index is 1430. The first-order chi connectivity index (χ1) is 16.6. The van der Waals surface area contributed by atoms with Crippen LogP contribution in [-0.2, 0) is 11.3 Å². The van der Waals surface area contributed by atoms with Crippen molar-refractivity contribution in [3.63, 3.8) is 0 Å². The number of fused-ring (bicyclic) bond motifs is 1. The molecular formula is C26H22FN5O2. The molecule has 0 bridgehead atoms. The average molecular weight is 455 g/mol. The van der Waals surface area contributed by atoms with Crippen LogP contribution in [0, 0.1) is 5.82 Å². The van der Waals surface area contributed by atoms with Crippen molar-refractivity contribution < 1.29 is 13.6 Å². The van der Waals surface area contributed by atoms with E-state index in [9.17, 15) is 9.18 Å². The highest BCUT2D eigenvalue weighted by Crippen LogP contribution is 2.43. The van der Waals surface area contributed by atoms with Gasteiger partial charge in [-0.2, -0.15) is 5.10 Å². The van der Waals surface area contributed by atoms with Crippen LogP contribution in [0.15, 0.2) is 77.8 Å². The molecule has 1 aromatic carbocycles. The first-order valence-corrected chi connectivity index (χ1v) is 11.0. The fourth-order valence-corrected chi connectivity index (χ4v) is 4.00. The minimum atomic E-state index is -0.315. The molecule has 170 valence electrons. The van der Waals surface area contributed by atoms with Gasteiger partial charge in [0.2, 0.25) is 5.91 Å². The van der Waals surface area contributed by atoms with Crippen molar-refractivity contribution in [1.29, 1.82) is 0 Å². The molecule has 0 spiro atoms. The van der Waals surface area contributed by atoms with E-state index in [4.69, 9.17) is 14.5 Å². The van der Waals surface area contributed by atoms with Crippen LogP contribution < -0.4 is 5.32 Å². The van der Waals surface area contributed by atoms with Gasteiger partial charge in [-0.05, 0) is 60.5 Å². The number of benzene rings is 1. The molecule has 34 heavy (non-hydrogen) atoms. The third kappa shape index (κ3) is 4.30. The molecule has 4 aromatic heterocycles. The summed E-state index contributed by atoms with van der Waals surface area (Å²) in [7, 11) is 0. The SMILES string of the molecule is CC(=O)NCCCn1cc2c(-c3ccco3)c(-c3ccncc3)c(-c3ccc(F)cc3)nc2n1. The van der Waals surface area contributed by atoms with Gasteiger partial charge in [-0.3, -0.25) is 14.5 Å². The van der Waals surface area contributed by atoms with Gasteiger partial charge in [0, 0.05) is 55.3 Å². The Morgan fingerprint density at radius 2 is 1.85 bits per heavy atom. The van der Waals surface area contributed by atoms with Gasteiger partial charge < -0.3 is 9.73 Å². The molecule has 0 radical (unpaired) electrons. The molecule has 8 heteroatoms. The number of hydrogen-bond donors (Lipinski definition) is 1. The monoisotopic (exact) mass is 455 g/mol. The molecule has 5 aromatic rings. The van der Waals surface area contributed by atoms with Crippen molar-refractivity contribution in [2.45, 2.75) is 19.9 Å². The molecule has 1 N–H and O–H groups in total. The summed E-state index contributed by atoms with van der Waals surface area (Å²) in [5, 5.41) is 8.34. The Morgan fingerprint density at radius 1 is 1.06 bits per heavy atom. The summed E-state index contributed by atoms with van der Waals surface area (Å²) < 4.78 is 21.4. The number of furan rings is 1. The predicted molar refractivity (Wildman–Crippen MR) is 127 cm³/mol. The number of nitrogens with zero attached hydrogens (tertiary/aromatic N) is 4. The quantitative estimate of drug-likeness (QED) is 0.346. The van der Waals surface area contributed by atoms with Gasteiger partial charge in [-0.25, -0.2) is 9.37 Å². The molecule has 0 unspecified atom stereocenters. The maximum atomic E-state index is 13.7. The fraction of sp³-hybridized carbons (Fsp3) is 0.154. The minimum Gasteiger partial charge on any atom is -0.464 e. The number of aryl methyl sites for hydroxylation is 1. The number of carbonyl (C=O) groups is 1. The summed E-state index contributed by atoms with van der Waals surface area (Å²) in [6, 6.07) is 13.8. The van der Waals surface area contributed by atoms with E-state index < -0.39 is 0 Å². The summed E-state index contributed by atoms with van der Waals surface area (Å²) in [5.41, 5.74) is 4.62. The van der Waals surface area contributed by atoms with Crippen molar-refractivity contribution in [2.24, 2.45) is 0 Å². The molecule has 0 atom stereocenters. The van der Waals surface area contributed by atoms with Gasteiger partial charge in [-0.1, -0.05) is 0 Å². The van der Waals surface area contributed by atoms with Crippen molar-refractivity contribution in [1.82, 2.24) is 25.1 Å². The van der Waals surface area contributed by atoms with Crippen LogP contribution in [0.4, 0.5) is 4.39 Å². The zero-order chi connectivity index (χ0) is 23.5. The lowest BCUT2D eigenvalue weighted by molar-refractivity contribution is -0.118. The van der Waals surface area contributed by atoms with E-state index in [0.29, 0.717) is 30.2 Å². The first-order valence-electron chi connectivity index (χ1n) is 11.0. The zero-order valence-corrected chi connectivity index (χ0v) is 18.5. The molecule has 0 aliphatic carbocycles. The van der Waals surface area contributed by atoms with E-state index in [1.54, 1.807) is 30.8 Å². The van der Waals surface area contributed by atoms with Gasteiger partial charge in [-0.15, -0.1) is 0 Å². The van der Waals surface area contributed by atoms with E-state index in [1.165, 1.54) is 19.1 Å². The van der Waals surface area contributed by atoms with Crippen molar-refractivity contribution in [2.75, 3.05) is 6.54 Å². The summed E-state index contributed by atoms with van der Waals surface area (Å²) >= 11 is 0. The molecule has 4 heterocycles. The normalized spacial score (nSPS) is 11.1. The number of hydrogen-bond acceptors (Lipinski definition) is 5. The molecule has 5 rings (SSSR count). The second-order valence-corrected chi connectivity index (χ2v) is 7.90. The highest BCUT2D eigenvalue weighted by molar-refractivity contribution is 6.04. The van der Waals surface area contributed by atoms with Gasteiger partial charge in [0.15, 0.2) is 5.65 Å². The maximum Gasteiger partial charge on any atom is 0.216 e. The topological polar surface area (TPSA) is 85.8 Å². The molecule has 0 saturated carbocycles. The Morgan fingerprint density at radius 3 is 2.56 bits per heavy atom. The van der Waals surface area contributed by atoms with Gasteiger partial charge in [0.25, 0.3) is 0 Å². The third-order valence-electron chi connectivity index (χ3n) is 5.51. The van der Waals surface area contributed by atoms with Crippen molar-refractivity contribution in [3.8, 4) is 33.7 Å². The Labute approximate surface area is 195 Å².